The molecular weight excluding hydrogens is 189 g/mol. The van der Waals surface area contributed by atoms with Crippen LogP contribution in [0.2, 0.25) is 0 Å². The lowest BCUT2D eigenvalue weighted by atomic mass is 10.5. The lowest BCUT2D eigenvalue weighted by Crippen LogP contribution is -2.30. The van der Waals surface area contributed by atoms with Crippen LogP contribution in [0.15, 0.2) is 0 Å². The number of hydroxylamine groups is 2. The predicted octanol–water partition coefficient (Wildman–Crippen LogP) is 0.263. The lowest BCUT2D eigenvalue weighted by Gasteiger charge is -2.14. The molecule has 7 heteroatoms. The molecule has 0 saturated carbocycles. The Balaban J connectivity index is 3.85. The SMILES string of the molecule is CCCN(CC(=O)O)OS(=O)F. The highest BCUT2D eigenvalue weighted by molar-refractivity contribution is 7.74. The summed E-state index contributed by atoms with van der Waals surface area (Å²) in [7, 11) is 0. The minimum Gasteiger partial charge on any atom is -0.480 e. The zero-order chi connectivity index (χ0) is 9.56. The van der Waals surface area contributed by atoms with Gasteiger partial charge in [0.25, 0.3) is 0 Å². The summed E-state index contributed by atoms with van der Waals surface area (Å²) in [5.41, 5.74) is 0. The molecule has 1 atom stereocenters. The van der Waals surface area contributed by atoms with Crippen LogP contribution in [0.5, 0.6) is 0 Å². The van der Waals surface area contributed by atoms with Gasteiger partial charge in [0.2, 0.25) is 0 Å². The van der Waals surface area contributed by atoms with Crippen LogP contribution in [0.25, 0.3) is 0 Å². The molecule has 0 rings (SSSR count). The van der Waals surface area contributed by atoms with E-state index in [4.69, 9.17) is 5.11 Å². The van der Waals surface area contributed by atoms with E-state index in [0.717, 1.165) is 5.06 Å². The van der Waals surface area contributed by atoms with Gasteiger partial charge in [-0.15, -0.1) is 3.89 Å². The van der Waals surface area contributed by atoms with Crippen LogP contribution < -0.4 is 0 Å². The largest absolute Gasteiger partial charge is 0.480 e. The molecule has 0 spiro atoms. The van der Waals surface area contributed by atoms with Crippen molar-refractivity contribution in [3.05, 3.63) is 0 Å². The molecule has 1 unspecified atom stereocenters. The van der Waals surface area contributed by atoms with Crippen molar-refractivity contribution in [3.8, 4) is 0 Å². The van der Waals surface area contributed by atoms with Crippen molar-refractivity contribution in [2.24, 2.45) is 0 Å². The summed E-state index contributed by atoms with van der Waals surface area (Å²) in [6.45, 7) is 1.50. The van der Waals surface area contributed by atoms with Crippen LogP contribution in [0.1, 0.15) is 13.3 Å². The Morgan fingerprint density at radius 2 is 2.33 bits per heavy atom. The summed E-state index contributed by atoms with van der Waals surface area (Å²) in [6.07, 6.45) is 0.588. The number of aliphatic carboxylic acids is 1. The van der Waals surface area contributed by atoms with Crippen LogP contribution >= 0.6 is 0 Å². The number of carboxylic acid groups (broad SMARTS) is 1. The number of hydrogen-bond acceptors (Lipinski definition) is 4. The molecule has 1 N–H and O–H groups in total. The fraction of sp³-hybridized carbons (Fsp3) is 0.800. The van der Waals surface area contributed by atoms with Crippen molar-refractivity contribution in [1.29, 1.82) is 0 Å². The second-order valence-electron chi connectivity index (χ2n) is 2.03. The van der Waals surface area contributed by atoms with Crippen LogP contribution in [-0.4, -0.2) is 33.4 Å². The van der Waals surface area contributed by atoms with Gasteiger partial charge < -0.3 is 5.11 Å². The molecule has 0 amide bonds. The molecule has 0 aliphatic rings. The number of nitrogens with zero attached hydrogens (tertiary/aromatic N) is 1. The van der Waals surface area contributed by atoms with E-state index in [-0.39, 0.29) is 6.54 Å². The molecule has 0 heterocycles. The maximum absolute atomic E-state index is 11.7. The average Bonchev–Trinajstić information content (AvgIpc) is 1.84. The molecular formula is C5H10FNO4S. The maximum atomic E-state index is 11.7. The zero-order valence-corrected chi connectivity index (χ0v) is 7.34. The van der Waals surface area contributed by atoms with Gasteiger partial charge in [0, 0.05) is 6.54 Å². The minimum absolute atomic E-state index is 0.224. The van der Waals surface area contributed by atoms with E-state index < -0.39 is 24.0 Å². The van der Waals surface area contributed by atoms with Crippen molar-refractivity contribution in [3.63, 3.8) is 0 Å². The quantitative estimate of drug-likeness (QED) is 0.491. The van der Waals surface area contributed by atoms with Crippen molar-refractivity contribution in [1.82, 2.24) is 5.06 Å². The van der Waals surface area contributed by atoms with Crippen molar-refractivity contribution in [2.45, 2.75) is 13.3 Å². The summed E-state index contributed by atoms with van der Waals surface area (Å²) in [6, 6.07) is 0. The fourth-order valence-corrected chi connectivity index (χ4v) is 0.919. The van der Waals surface area contributed by atoms with Crippen LogP contribution in [0, 0.1) is 0 Å². The summed E-state index contributed by atoms with van der Waals surface area (Å²) in [4.78, 5) is 10.1. The first kappa shape index (κ1) is 11.5. The molecule has 0 bridgehead atoms. The molecule has 12 heavy (non-hydrogen) atoms. The van der Waals surface area contributed by atoms with Crippen LogP contribution in [-0.2, 0) is 20.5 Å². The van der Waals surface area contributed by atoms with Gasteiger partial charge >= 0.3 is 17.4 Å². The number of carbonyl (C=O) groups is 1. The van der Waals surface area contributed by atoms with Gasteiger partial charge in [0.05, 0.1) is 0 Å². The Labute approximate surface area is 72.0 Å². The zero-order valence-electron chi connectivity index (χ0n) is 6.53. The number of hydrogen-bond donors (Lipinski definition) is 1. The third kappa shape index (κ3) is 6.20. The van der Waals surface area contributed by atoms with Gasteiger partial charge in [0.1, 0.15) is 6.54 Å². The Kier molecular flexibility index (Phi) is 5.77. The van der Waals surface area contributed by atoms with E-state index in [1.807, 2.05) is 0 Å². The standard InChI is InChI=1S/C5H10FNO4S/c1-2-3-7(4-5(8)9)11-12(6)10/h2-4H2,1H3,(H,8,9). The second-order valence-corrected chi connectivity index (χ2v) is 2.56. The Morgan fingerprint density at radius 3 is 2.67 bits per heavy atom. The van der Waals surface area contributed by atoms with E-state index in [0.29, 0.717) is 6.42 Å². The van der Waals surface area contributed by atoms with E-state index in [2.05, 4.69) is 4.28 Å². The molecule has 0 aromatic carbocycles. The molecule has 0 aliphatic carbocycles. The van der Waals surface area contributed by atoms with E-state index in [1.165, 1.54) is 0 Å². The van der Waals surface area contributed by atoms with Crippen molar-refractivity contribution >= 4 is 17.4 Å². The lowest BCUT2D eigenvalue weighted by molar-refractivity contribution is -0.147. The van der Waals surface area contributed by atoms with Crippen LogP contribution in [0.4, 0.5) is 3.89 Å². The minimum atomic E-state index is -2.95. The molecule has 72 valence electrons. The maximum Gasteiger partial charge on any atom is 0.362 e. The third-order valence-electron chi connectivity index (χ3n) is 0.949. The Hall–Kier alpha value is -0.530. The molecule has 0 saturated heterocycles. The normalized spacial score (nSPS) is 13.2. The highest BCUT2D eigenvalue weighted by atomic mass is 32.2. The number of carboxylic acids is 1. The molecule has 0 aliphatic heterocycles. The molecule has 5 nitrogen and oxygen atoms in total. The van der Waals surface area contributed by atoms with Gasteiger partial charge in [-0.25, -0.2) is 0 Å². The Morgan fingerprint density at radius 1 is 1.75 bits per heavy atom. The third-order valence-corrected chi connectivity index (χ3v) is 1.28. The first-order valence-corrected chi connectivity index (χ1v) is 4.27. The second kappa shape index (κ2) is 6.04. The van der Waals surface area contributed by atoms with E-state index in [1.54, 1.807) is 6.92 Å². The van der Waals surface area contributed by atoms with Gasteiger partial charge in [-0.05, 0) is 6.42 Å². The van der Waals surface area contributed by atoms with Gasteiger partial charge in [-0.1, -0.05) is 6.92 Å². The first-order chi connectivity index (χ1) is 5.56. The summed E-state index contributed by atoms with van der Waals surface area (Å²) in [5, 5.41) is 9.08. The predicted molar refractivity (Wildman–Crippen MR) is 39.8 cm³/mol. The molecule has 0 aromatic heterocycles. The number of halogens is 1. The summed E-state index contributed by atoms with van der Waals surface area (Å²) in [5.74, 6) is -1.16. The molecule has 0 radical (unpaired) electrons. The topological polar surface area (TPSA) is 66.8 Å². The monoisotopic (exact) mass is 199 g/mol. The summed E-state index contributed by atoms with van der Waals surface area (Å²) < 4.78 is 25.7. The van der Waals surface area contributed by atoms with Crippen molar-refractivity contribution < 1.29 is 22.3 Å². The Bertz CT molecular complexity index is 161. The van der Waals surface area contributed by atoms with Crippen molar-refractivity contribution in [2.75, 3.05) is 13.1 Å². The first-order valence-electron chi connectivity index (χ1n) is 3.29. The molecule has 0 fully saturated rings. The van der Waals surface area contributed by atoms with Gasteiger partial charge in [-0.2, -0.15) is 13.6 Å². The number of rotatable bonds is 6. The van der Waals surface area contributed by atoms with Gasteiger partial charge in [0.15, 0.2) is 0 Å². The smallest absolute Gasteiger partial charge is 0.362 e. The van der Waals surface area contributed by atoms with E-state index in [9.17, 15) is 12.9 Å². The fourth-order valence-electron chi connectivity index (χ4n) is 0.626. The highest BCUT2D eigenvalue weighted by Crippen LogP contribution is 1.97. The van der Waals surface area contributed by atoms with Crippen LogP contribution in [0.3, 0.4) is 0 Å². The van der Waals surface area contributed by atoms with E-state index >= 15 is 0 Å². The highest BCUT2D eigenvalue weighted by Gasteiger charge is 2.12. The van der Waals surface area contributed by atoms with Gasteiger partial charge in [-0.3, -0.25) is 4.79 Å². The average molecular weight is 199 g/mol. The summed E-state index contributed by atoms with van der Waals surface area (Å²) >= 11 is -2.95. The molecule has 0 aromatic rings.